The van der Waals surface area contributed by atoms with Gasteiger partial charge < -0.3 is 10.1 Å². The molecule has 2 aromatic carbocycles. The topological polar surface area (TPSA) is 131 Å². The maximum atomic E-state index is 15.8. The Morgan fingerprint density at radius 1 is 1.10 bits per heavy atom. The number of nitrogens with one attached hydrogen (secondary N) is 1. The Morgan fingerprint density at radius 2 is 1.90 bits per heavy atom. The molecule has 1 aliphatic rings. The third-order valence-corrected chi connectivity index (χ3v) is 12.1. The van der Waals surface area contributed by atoms with Gasteiger partial charge in [-0.1, -0.05) is 51.5 Å². The third-order valence-electron chi connectivity index (χ3n) is 10.1. The lowest BCUT2D eigenvalue weighted by Crippen LogP contribution is -2.29. The number of halogens is 1. The highest BCUT2D eigenvalue weighted by Crippen LogP contribution is 2.39. The zero-order valence-corrected chi connectivity index (χ0v) is 29.6. The van der Waals surface area contributed by atoms with Crippen LogP contribution in [0.2, 0.25) is 0 Å². The molecule has 6 rings (SSSR count). The maximum Gasteiger partial charge on any atom is 0.306 e. The Labute approximate surface area is 286 Å². The number of benzene rings is 2. The largest absolute Gasteiger partial charge is 0.481 e. The predicted molar refractivity (Wildman–Crippen MR) is 189 cm³/mol. The van der Waals surface area contributed by atoms with E-state index in [1.807, 2.05) is 63.4 Å². The van der Waals surface area contributed by atoms with Gasteiger partial charge >= 0.3 is 5.97 Å². The van der Waals surface area contributed by atoms with E-state index < -0.39 is 32.6 Å². The SMILES string of the molecule is C[C@@H](Cc1cccc([C@@]2(C)CCCC(C)(C)CS(=O)(=O)CCc3c(c(F)cc4[nH]ccc34)Cc3ccnc(c3)-c3nc2nn3C)c1)C(=O)O. The third kappa shape index (κ3) is 7.32. The molecule has 2 N–H and O–H groups in total. The van der Waals surface area contributed by atoms with Crippen molar-refractivity contribution in [1.82, 2.24) is 24.7 Å². The number of carboxylic acid groups (broad SMARTS) is 1. The summed E-state index contributed by atoms with van der Waals surface area (Å²) >= 11 is 0. The van der Waals surface area contributed by atoms with Crippen molar-refractivity contribution in [2.24, 2.45) is 18.4 Å². The number of H-pyrrole nitrogens is 1. The molecule has 0 amide bonds. The number of pyridine rings is 1. The first-order valence-corrected chi connectivity index (χ1v) is 18.6. The van der Waals surface area contributed by atoms with Gasteiger partial charge in [-0.05, 0) is 90.1 Å². The molecule has 4 heterocycles. The van der Waals surface area contributed by atoms with E-state index in [-0.39, 0.29) is 30.2 Å². The van der Waals surface area contributed by atoms with Crippen LogP contribution in [0.4, 0.5) is 4.39 Å². The van der Waals surface area contributed by atoms with Gasteiger partial charge in [-0.3, -0.25) is 9.78 Å². The first-order valence-electron chi connectivity index (χ1n) is 16.8. The van der Waals surface area contributed by atoms with E-state index in [0.29, 0.717) is 59.7 Å². The zero-order valence-electron chi connectivity index (χ0n) is 28.8. The number of fused-ring (bicyclic) bond motifs is 8. The number of aryl methyl sites for hydroxylation is 2. The monoisotopic (exact) mass is 685 g/mol. The van der Waals surface area contributed by atoms with Crippen molar-refractivity contribution in [3.05, 3.63) is 100 Å². The van der Waals surface area contributed by atoms with Gasteiger partial charge in [0.05, 0.1) is 22.8 Å². The van der Waals surface area contributed by atoms with Gasteiger partial charge in [0.2, 0.25) is 0 Å². The predicted octanol–water partition coefficient (Wildman–Crippen LogP) is 6.82. The Hall–Kier alpha value is -4.38. The molecule has 0 radical (unpaired) electrons. The van der Waals surface area contributed by atoms with Crippen LogP contribution in [0.25, 0.3) is 22.4 Å². The summed E-state index contributed by atoms with van der Waals surface area (Å²) in [6.45, 7) is 7.77. The van der Waals surface area contributed by atoms with Crippen molar-refractivity contribution in [1.29, 1.82) is 0 Å². The Bertz CT molecular complexity index is 2140. The summed E-state index contributed by atoms with van der Waals surface area (Å²) in [6.07, 6.45) is 6.28. The number of hydrogen-bond donors (Lipinski definition) is 2. The van der Waals surface area contributed by atoms with Crippen LogP contribution in [0.15, 0.2) is 60.9 Å². The van der Waals surface area contributed by atoms with E-state index in [0.717, 1.165) is 22.1 Å². The highest BCUT2D eigenvalue weighted by Gasteiger charge is 2.36. The quantitative estimate of drug-likeness (QED) is 0.212. The first kappa shape index (κ1) is 34.5. The van der Waals surface area contributed by atoms with Gasteiger partial charge in [0, 0.05) is 36.8 Å². The number of sulfone groups is 1. The van der Waals surface area contributed by atoms with Gasteiger partial charge in [0.15, 0.2) is 21.5 Å². The minimum absolute atomic E-state index is 0.0138. The minimum Gasteiger partial charge on any atom is -0.481 e. The van der Waals surface area contributed by atoms with Crippen molar-refractivity contribution in [3.8, 4) is 11.5 Å². The van der Waals surface area contributed by atoms with E-state index in [1.54, 1.807) is 24.0 Å². The van der Waals surface area contributed by atoms with Crippen molar-refractivity contribution in [3.63, 3.8) is 0 Å². The molecule has 0 fully saturated rings. The van der Waals surface area contributed by atoms with Crippen LogP contribution in [0.5, 0.6) is 0 Å². The minimum atomic E-state index is -3.49. The molecule has 3 aromatic heterocycles. The van der Waals surface area contributed by atoms with Crippen LogP contribution in [-0.2, 0) is 46.4 Å². The van der Waals surface area contributed by atoms with Crippen molar-refractivity contribution in [2.45, 2.75) is 71.6 Å². The second-order valence-electron chi connectivity index (χ2n) is 14.7. The molecule has 0 aliphatic carbocycles. The summed E-state index contributed by atoms with van der Waals surface area (Å²) in [5, 5.41) is 15.3. The molecule has 1 aliphatic heterocycles. The normalized spacial score (nSPS) is 20.2. The maximum absolute atomic E-state index is 15.8. The average Bonchev–Trinajstić information content (AvgIpc) is 3.66. The molecule has 11 heteroatoms. The van der Waals surface area contributed by atoms with Gasteiger partial charge in [-0.25, -0.2) is 22.5 Å². The lowest BCUT2D eigenvalue weighted by molar-refractivity contribution is -0.141. The standard InChI is InChI=1S/C38H44FN5O4S/c1-24(35(45)46)18-25-8-6-9-27(19-25)38(4)14-7-13-37(2,3)23-49(47,48)17-12-28-29-11-16-40-32(29)22-31(39)30(28)20-26-10-15-41-33(21-26)34-42-36(38)43-44(34)5/h6,8-11,15-16,19,21-22,24,40H,7,12-14,17-18,20,23H2,1-5H3,(H,45,46)/t24-,38+/m0/s1. The Kier molecular flexibility index (Phi) is 9.25. The summed E-state index contributed by atoms with van der Waals surface area (Å²) in [6, 6.07) is 15.1. The lowest BCUT2D eigenvalue weighted by atomic mass is 9.75. The van der Waals surface area contributed by atoms with E-state index in [9.17, 15) is 18.3 Å². The number of aromatic nitrogens is 5. The summed E-state index contributed by atoms with van der Waals surface area (Å²) in [5.74, 6) is -0.659. The fourth-order valence-corrected chi connectivity index (χ4v) is 9.29. The van der Waals surface area contributed by atoms with Crippen molar-refractivity contribution in [2.75, 3.05) is 11.5 Å². The molecule has 0 spiro atoms. The van der Waals surface area contributed by atoms with E-state index in [1.165, 1.54) is 6.07 Å². The van der Waals surface area contributed by atoms with Crippen LogP contribution in [0.1, 0.15) is 80.6 Å². The first-order chi connectivity index (χ1) is 23.1. The molecule has 0 saturated carbocycles. The molecular weight excluding hydrogens is 642 g/mol. The number of hydrogen-bond acceptors (Lipinski definition) is 6. The van der Waals surface area contributed by atoms with Gasteiger partial charge in [-0.15, -0.1) is 0 Å². The molecule has 4 bridgehead atoms. The molecule has 9 nitrogen and oxygen atoms in total. The molecule has 5 aromatic rings. The summed E-state index contributed by atoms with van der Waals surface area (Å²) < 4.78 is 44.8. The average molecular weight is 686 g/mol. The number of aliphatic carboxylic acids is 1. The number of carbonyl (C=O) groups is 1. The molecule has 0 saturated heterocycles. The lowest BCUT2D eigenvalue weighted by Gasteiger charge is -2.31. The van der Waals surface area contributed by atoms with Crippen molar-refractivity contribution < 1.29 is 22.7 Å². The van der Waals surface area contributed by atoms with Crippen LogP contribution >= 0.6 is 0 Å². The van der Waals surface area contributed by atoms with Gasteiger partial charge in [0.25, 0.3) is 0 Å². The van der Waals surface area contributed by atoms with Gasteiger partial charge in [0.1, 0.15) is 11.5 Å². The second-order valence-corrected chi connectivity index (χ2v) is 16.9. The zero-order chi connectivity index (χ0) is 35.1. The number of rotatable bonds is 4. The van der Waals surface area contributed by atoms with Crippen LogP contribution < -0.4 is 0 Å². The fourth-order valence-electron chi connectivity index (χ4n) is 7.30. The van der Waals surface area contributed by atoms with E-state index in [2.05, 4.69) is 16.9 Å². The van der Waals surface area contributed by atoms with Crippen LogP contribution in [0, 0.1) is 17.2 Å². The molecular formula is C38H44FN5O4S. The van der Waals surface area contributed by atoms with Crippen molar-refractivity contribution >= 4 is 26.7 Å². The number of aromatic amines is 1. The summed E-state index contributed by atoms with van der Waals surface area (Å²) in [7, 11) is -1.66. The second kappa shape index (κ2) is 13.2. The number of carboxylic acids is 1. The summed E-state index contributed by atoms with van der Waals surface area (Å²) in [4.78, 5) is 24.4. The summed E-state index contributed by atoms with van der Waals surface area (Å²) in [5.41, 5.74) is 3.93. The van der Waals surface area contributed by atoms with E-state index >= 15 is 4.39 Å². The Balaban J connectivity index is 1.47. The van der Waals surface area contributed by atoms with Crippen LogP contribution in [0.3, 0.4) is 0 Å². The highest BCUT2D eigenvalue weighted by atomic mass is 32.2. The molecule has 0 unspecified atom stereocenters. The smallest absolute Gasteiger partial charge is 0.306 e. The molecule has 258 valence electrons. The Morgan fingerprint density at radius 3 is 2.67 bits per heavy atom. The molecule has 49 heavy (non-hydrogen) atoms. The molecule has 2 atom stereocenters. The number of nitrogens with zero attached hydrogens (tertiary/aromatic N) is 4. The highest BCUT2D eigenvalue weighted by molar-refractivity contribution is 7.91. The fraction of sp³-hybridized carbons (Fsp3) is 0.421. The van der Waals surface area contributed by atoms with Crippen LogP contribution in [-0.4, -0.2) is 55.7 Å². The van der Waals surface area contributed by atoms with Gasteiger partial charge in [-0.2, -0.15) is 5.10 Å². The van der Waals surface area contributed by atoms with E-state index in [4.69, 9.17) is 10.1 Å².